The Kier molecular flexibility index (Phi) is 3.48. The molecule has 0 aromatic carbocycles. The maximum atomic E-state index is 12.5. The smallest absolute Gasteiger partial charge is 0.319 e. The molecule has 2 N–H and O–H groups in total. The highest BCUT2D eigenvalue weighted by atomic mass is 16.6. The number of nitrogens with one attached hydrogen (secondary N) is 2. The summed E-state index contributed by atoms with van der Waals surface area (Å²) in [6, 6.07) is 0. The quantitative estimate of drug-likeness (QED) is 0.721. The molecule has 0 spiro atoms. The van der Waals surface area contributed by atoms with Crippen LogP contribution in [0.2, 0.25) is 0 Å². The fraction of sp³-hybridized carbons (Fsp3) is 0.643. The third-order valence-electron chi connectivity index (χ3n) is 3.21. The van der Waals surface area contributed by atoms with Crippen LogP contribution in [0.1, 0.15) is 27.2 Å². The molecule has 2 aliphatic rings. The van der Waals surface area contributed by atoms with Crippen LogP contribution in [-0.2, 0) is 9.53 Å². The summed E-state index contributed by atoms with van der Waals surface area (Å²) in [4.78, 5) is 12.5. The SMILES string of the molecule is CC(C)(C)OC(=O)[C@@]1(C2=CC=[C]CN2)CCNC1. The van der Waals surface area contributed by atoms with Gasteiger partial charge in [0.2, 0.25) is 0 Å². The Bertz CT molecular complexity index is 385. The Labute approximate surface area is 108 Å². The molecule has 2 rings (SSSR count). The molecule has 2 aliphatic heterocycles. The fourth-order valence-corrected chi connectivity index (χ4v) is 2.32. The molecular weight excluding hydrogens is 228 g/mol. The van der Waals surface area contributed by atoms with Crippen molar-refractivity contribution in [3.63, 3.8) is 0 Å². The molecule has 2 heterocycles. The lowest BCUT2D eigenvalue weighted by atomic mass is 9.82. The Morgan fingerprint density at radius 3 is 2.78 bits per heavy atom. The summed E-state index contributed by atoms with van der Waals surface area (Å²) in [7, 11) is 0. The second-order valence-electron chi connectivity index (χ2n) is 5.82. The minimum absolute atomic E-state index is 0.144. The van der Waals surface area contributed by atoms with Crippen molar-refractivity contribution >= 4 is 5.97 Å². The molecule has 0 aromatic rings. The lowest BCUT2D eigenvalue weighted by molar-refractivity contribution is -0.164. The molecule has 1 fully saturated rings. The molecule has 4 heteroatoms. The van der Waals surface area contributed by atoms with Gasteiger partial charge in [0, 0.05) is 18.8 Å². The van der Waals surface area contributed by atoms with E-state index in [9.17, 15) is 4.79 Å². The molecular formula is C14H21N2O2. The second kappa shape index (κ2) is 4.76. The third-order valence-corrected chi connectivity index (χ3v) is 3.21. The van der Waals surface area contributed by atoms with E-state index in [0.717, 1.165) is 18.7 Å². The highest BCUT2D eigenvalue weighted by molar-refractivity contribution is 5.82. The largest absolute Gasteiger partial charge is 0.459 e. The van der Waals surface area contributed by atoms with Crippen molar-refractivity contribution in [3.8, 4) is 0 Å². The number of rotatable bonds is 2. The Morgan fingerprint density at radius 1 is 1.50 bits per heavy atom. The van der Waals surface area contributed by atoms with Crippen LogP contribution in [0.4, 0.5) is 0 Å². The standard InChI is InChI=1S/C14H21N2O2/c1-13(2,3)18-12(17)14(7-9-15-10-14)11-6-4-5-8-16-11/h4,6,15-16H,7-10H2,1-3H3/t14-/m0/s1. The zero-order chi connectivity index (χ0) is 13.2. The van der Waals surface area contributed by atoms with Crippen molar-refractivity contribution in [1.29, 1.82) is 0 Å². The summed E-state index contributed by atoms with van der Waals surface area (Å²) in [6.07, 6.45) is 7.63. The van der Waals surface area contributed by atoms with E-state index < -0.39 is 11.0 Å². The molecule has 0 aliphatic carbocycles. The zero-order valence-electron chi connectivity index (χ0n) is 11.3. The predicted octanol–water partition coefficient (Wildman–Crippen LogP) is 1.15. The van der Waals surface area contributed by atoms with E-state index in [2.05, 4.69) is 16.7 Å². The number of esters is 1. The molecule has 99 valence electrons. The van der Waals surface area contributed by atoms with Crippen molar-refractivity contribution in [3.05, 3.63) is 23.9 Å². The van der Waals surface area contributed by atoms with E-state index in [-0.39, 0.29) is 5.97 Å². The molecule has 1 saturated heterocycles. The summed E-state index contributed by atoms with van der Waals surface area (Å²) >= 11 is 0. The van der Waals surface area contributed by atoms with Gasteiger partial charge in [0.05, 0.1) is 0 Å². The Hall–Kier alpha value is -1.29. The summed E-state index contributed by atoms with van der Waals surface area (Å²) in [5.74, 6) is -0.144. The van der Waals surface area contributed by atoms with Gasteiger partial charge < -0.3 is 15.4 Å². The highest BCUT2D eigenvalue weighted by Gasteiger charge is 2.47. The minimum Gasteiger partial charge on any atom is -0.459 e. The molecule has 0 amide bonds. The van der Waals surface area contributed by atoms with Gasteiger partial charge in [-0.2, -0.15) is 0 Å². The molecule has 0 bridgehead atoms. The second-order valence-corrected chi connectivity index (χ2v) is 5.82. The van der Waals surface area contributed by atoms with Gasteiger partial charge in [0.1, 0.15) is 11.0 Å². The van der Waals surface area contributed by atoms with E-state index in [1.807, 2.05) is 32.9 Å². The van der Waals surface area contributed by atoms with Gasteiger partial charge in [0.15, 0.2) is 0 Å². The number of carbonyl (C=O) groups excluding carboxylic acids is 1. The van der Waals surface area contributed by atoms with Gasteiger partial charge in [0.25, 0.3) is 0 Å². The van der Waals surface area contributed by atoms with Crippen LogP contribution in [0.15, 0.2) is 17.8 Å². The van der Waals surface area contributed by atoms with E-state index >= 15 is 0 Å². The first-order valence-electron chi connectivity index (χ1n) is 6.39. The predicted molar refractivity (Wildman–Crippen MR) is 69.7 cm³/mol. The lowest BCUT2D eigenvalue weighted by Gasteiger charge is -2.33. The van der Waals surface area contributed by atoms with Crippen LogP contribution in [0.3, 0.4) is 0 Å². The van der Waals surface area contributed by atoms with Gasteiger partial charge >= 0.3 is 5.97 Å². The van der Waals surface area contributed by atoms with Crippen LogP contribution in [-0.4, -0.2) is 31.2 Å². The van der Waals surface area contributed by atoms with Crippen molar-refractivity contribution in [2.75, 3.05) is 19.6 Å². The maximum Gasteiger partial charge on any atom is 0.319 e. The molecule has 1 radical (unpaired) electrons. The normalized spacial score (nSPS) is 27.6. The van der Waals surface area contributed by atoms with Gasteiger partial charge in [-0.25, -0.2) is 0 Å². The number of carbonyl (C=O) groups is 1. The van der Waals surface area contributed by atoms with Gasteiger partial charge in [-0.05, 0) is 45.9 Å². The molecule has 0 saturated carbocycles. The van der Waals surface area contributed by atoms with E-state index in [4.69, 9.17) is 4.74 Å². The summed E-state index contributed by atoms with van der Waals surface area (Å²) in [6.45, 7) is 7.82. The number of allylic oxidation sites excluding steroid dienone is 2. The van der Waals surface area contributed by atoms with E-state index in [0.29, 0.717) is 13.1 Å². The first kappa shape index (κ1) is 13.1. The summed E-state index contributed by atoms with van der Waals surface area (Å²) < 4.78 is 5.58. The van der Waals surface area contributed by atoms with Crippen molar-refractivity contribution in [2.45, 2.75) is 32.8 Å². The first-order valence-corrected chi connectivity index (χ1v) is 6.39. The van der Waals surface area contributed by atoms with Gasteiger partial charge in [-0.15, -0.1) is 0 Å². The average molecular weight is 249 g/mol. The van der Waals surface area contributed by atoms with Crippen molar-refractivity contribution in [1.82, 2.24) is 10.6 Å². The Morgan fingerprint density at radius 2 is 2.28 bits per heavy atom. The number of ether oxygens (including phenoxy) is 1. The van der Waals surface area contributed by atoms with E-state index in [1.165, 1.54) is 0 Å². The van der Waals surface area contributed by atoms with E-state index in [1.54, 1.807) is 0 Å². The number of dihydropyridines is 1. The molecule has 0 aromatic heterocycles. The third kappa shape index (κ3) is 2.58. The van der Waals surface area contributed by atoms with Crippen LogP contribution in [0.5, 0.6) is 0 Å². The summed E-state index contributed by atoms with van der Waals surface area (Å²) in [5, 5.41) is 6.51. The maximum absolute atomic E-state index is 12.5. The zero-order valence-corrected chi connectivity index (χ0v) is 11.3. The fourth-order valence-electron chi connectivity index (χ4n) is 2.32. The first-order chi connectivity index (χ1) is 8.44. The van der Waals surface area contributed by atoms with Crippen LogP contribution in [0, 0.1) is 11.5 Å². The molecule has 4 nitrogen and oxygen atoms in total. The van der Waals surface area contributed by atoms with Gasteiger partial charge in [-0.1, -0.05) is 6.08 Å². The lowest BCUT2D eigenvalue weighted by Crippen LogP contribution is -2.45. The van der Waals surface area contributed by atoms with Gasteiger partial charge in [-0.3, -0.25) is 4.79 Å². The van der Waals surface area contributed by atoms with Crippen LogP contribution >= 0.6 is 0 Å². The van der Waals surface area contributed by atoms with Crippen molar-refractivity contribution in [2.24, 2.45) is 5.41 Å². The topological polar surface area (TPSA) is 50.4 Å². The van der Waals surface area contributed by atoms with Crippen molar-refractivity contribution < 1.29 is 9.53 Å². The number of hydrogen-bond acceptors (Lipinski definition) is 4. The van der Waals surface area contributed by atoms with Crippen LogP contribution in [0.25, 0.3) is 0 Å². The highest BCUT2D eigenvalue weighted by Crippen LogP contribution is 2.36. The Balaban J connectivity index is 2.24. The summed E-state index contributed by atoms with van der Waals surface area (Å²) in [5.41, 5.74) is -0.0732. The molecule has 18 heavy (non-hydrogen) atoms. The monoisotopic (exact) mass is 249 g/mol. The van der Waals surface area contributed by atoms with Crippen LogP contribution < -0.4 is 10.6 Å². The molecule has 0 unspecified atom stereocenters. The minimum atomic E-state index is -0.564. The molecule has 1 atom stereocenters. The number of hydrogen-bond donors (Lipinski definition) is 2. The average Bonchev–Trinajstić information content (AvgIpc) is 2.78.